The Labute approximate surface area is 377 Å². The van der Waals surface area contributed by atoms with Crippen LogP contribution in [0.25, 0.3) is 11.0 Å². The van der Waals surface area contributed by atoms with Gasteiger partial charge >= 0.3 is 7.82 Å². The highest BCUT2D eigenvalue weighted by molar-refractivity contribution is 8.14. The summed E-state index contributed by atoms with van der Waals surface area (Å²) in [6, 6.07) is 6.37. The van der Waals surface area contributed by atoms with E-state index in [0.717, 1.165) is 23.5 Å². The zero-order valence-electron chi connectivity index (χ0n) is 35.9. The predicted octanol–water partition coefficient (Wildman–Crippen LogP) is 1.28. The second-order valence-electron chi connectivity index (χ2n) is 16.6. The third-order valence-corrected chi connectivity index (χ3v) is 14.0. The number of hydrogen-bond donors (Lipinski definition) is 7. The number of aromatic nitrogens is 6. The molecule has 348 valence electrons. The molecule has 0 bridgehead atoms. The van der Waals surface area contributed by atoms with Crippen LogP contribution in [0.4, 0.5) is 11.6 Å². The topological polar surface area (TPSA) is 311 Å². The van der Waals surface area contributed by atoms with E-state index >= 15 is 0 Å². The molecule has 6 heterocycles. The first kappa shape index (κ1) is 50.8. The van der Waals surface area contributed by atoms with Crippen molar-refractivity contribution >= 4 is 64.2 Å². The van der Waals surface area contributed by atoms with Gasteiger partial charge in [0.25, 0.3) is 0 Å². The number of nitrogen functional groups attached to an aromatic ring is 2. The lowest BCUT2D eigenvalue weighted by atomic mass is 9.92. The van der Waals surface area contributed by atoms with Crippen LogP contribution in [0.5, 0.6) is 0 Å². The van der Waals surface area contributed by atoms with Crippen molar-refractivity contribution in [1.82, 2.24) is 29.2 Å². The monoisotopic (exact) mass is 948 g/mol. The molecule has 64 heavy (non-hydrogen) atoms. The number of nitrogens with two attached hydrogens (primary N) is 2. The molecule has 2 aliphatic heterocycles. The lowest BCUT2D eigenvalue weighted by molar-refractivity contribution is -0.118. The van der Waals surface area contributed by atoms with Crippen LogP contribution >= 0.6 is 31.3 Å². The van der Waals surface area contributed by atoms with Crippen molar-refractivity contribution in [2.24, 2.45) is 10.8 Å². The molecule has 0 unspecified atom stereocenters. The van der Waals surface area contributed by atoms with Crippen molar-refractivity contribution in [3.05, 3.63) is 48.3 Å². The molecule has 0 amide bonds. The number of aliphatic hydroxyl groups is 5. The summed E-state index contributed by atoms with van der Waals surface area (Å²) in [6.45, 7) is 9.39. The summed E-state index contributed by atoms with van der Waals surface area (Å²) in [5.41, 5.74) is 8.50. The first-order chi connectivity index (χ1) is 30.0. The van der Waals surface area contributed by atoms with Crippen LogP contribution in [-0.4, -0.2) is 140 Å². The summed E-state index contributed by atoms with van der Waals surface area (Å²) in [6.07, 6.45) is 5.67. The van der Waals surface area contributed by atoms with Crippen molar-refractivity contribution in [2.45, 2.75) is 89.4 Å². The minimum Gasteiger partial charge on any atom is -0.394 e. The second-order valence-corrected chi connectivity index (χ2v) is 20.4. The first-order valence-corrected chi connectivity index (χ1v) is 23.1. The summed E-state index contributed by atoms with van der Waals surface area (Å²) < 4.78 is 44.4. The van der Waals surface area contributed by atoms with Gasteiger partial charge in [-0.25, -0.2) is 23.6 Å². The summed E-state index contributed by atoms with van der Waals surface area (Å²) in [5, 5.41) is 59.4. The fraction of sp³-hybridized carbons (Fsp3) is 0.550. The van der Waals surface area contributed by atoms with Gasteiger partial charge in [0.2, 0.25) is 0 Å². The molecule has 9 N–H and O–H groups in total. The summed E-state index contributed by atoms with van der Waals surface area (Å²) in [4.78, 5) is 32.3. The number of aliphatic hydroxyl groups excluding tert-OH is 5. The van der Waals surface area contributed by atoms with Gasteiger partial charge in [-0.05, 0) is 24.3 Å². The Balaban J connectivity index is 0.000000303. The molecule has 2 saturated heterocycles. The Morgan fingerprint density at radius 1 is 0.766 bits per heavy atom. The van der Waals surface area contributed by atoms with Gasteiger partial charge in [-0.2, -0.15) is 10.2 Å². The van der Waals surface area contributed by atoms with E-state index in [2.05, 4.69) is 32.0 Å². The van der Waals surface area contributed by atoms with Gasteiger partial charge in [-0.15, -0.1) is 12.8 Å². The number of fused-ring (bicyclic) bond motifs is 2. The van der Waals surface area contributed by atoms with Gasteiger partial charge in [0.15, 0.2) is 33.1 Å². The zero-order chi connectivity index (χ0) is 47.4. The van der Waals surface area contributed by atoms with Crippen molar-refractivity contribution in [3.8, 4) is 24.7 Å². The van der Waals surface area contributed by atoms with Gasteiger partial charge in [0.1, 0.15) is 60.3 Å². The number of rotatable bonds is 14. The molecular formula is C40H53N8O13PS2. The highest BCUT2D eigenvalue weighted by atomic mass is 32.2. The number of phosphoric acid groups is 1. The van der Waals surface area contributed by atoms with Crippen LogP contribution in [0.15, 0.2) is 36.9 Å². The Morgan fingerprint density at radius 3 is 1.55 bits per heavy atom. The molecule has 0 aliphatic carbocycles. The minimum absolute atomic E-state index is 0.0723. The standard InChI is InChI=1S/C27H39N4O9PS2.C13H14N4O4/c1-8-27(19-10-9-17-22(28)29-16-30-31(17)19)21(33)20(32)18(40-27)15-39-41(36,37-11-13-42-23(34)25(2,3)4)38-12-14-43-24(35)26(5,6)7;1-2-13(11(20)10(19)8(5-18)21-13)9-4-3-7-12(14)15-6-16-17(7)9/h1,9-10,16,18,20-21,32-33H,11-15H2,2-7H3,(H2,28,29,30);1,3-4,6,8,10-11,18-20H,5H2,(H2,14,15,16)/t18-,20-,21-,27+;8-,10-,11-,13+/m11/s1. The van der Waals surface area contributed by atoms with E-state index in [0.29, 0.717) is 16.7 Å². The van der Waals surface area contributed by atoms with Crippen molar-refractivity contribution in [3.63, 3.8) is 0 Å². The van der Waals surface area contributed by atoms with E-state index in [4.69, 9.17) is 47.4 Å². The lowest BCUT2D eigenvalue weighted by Gasteiger charge is -2.26. The largest absolute Gasteiger partial charge is 0.474 e. The maximum Gasteiger partial charge on any atom is 0.474 e. The van der Waals surface area contributed by atoms with Crippen molar-refractivity contribution in [1.29, 1.82) is 0 Å². The number of carbonyl (C=O) groups is 2. The maximum atomic E-state index is 13.6. The van der Waals surface area contributed by atoms with Crippen LogP contribution < -0.4 is 11.5 Å². The number of terminal acetylenes is 2. The molecule has 0 radical (unpaired) electrons. The van der Waals surface area contributed by atoms with E-state index < -0.39 is 79.7 Å². The number of thioether (sulfide) groups is 2. The molecular weight excluding hydrogens is 896 g/mol. The Kier molecular flexibility index (Phi) is 16.0. The van der Waals surface area contributed by atoms with Crippen LogP contribution in [-0.2, 0) is 48.4 Å². The number of phosphoric ester groups is 1. The number of ether oxygens (including phenoxy) is 2. The Morgan fingerprint density at radius 2 is 1.17 bits per heavy atom. The molecule has 4 aromatic heterocycles. The van der Waals surface area contributed by atoms with Gasteiger partial charge in [-0.1, -0.05) is 76.9 Å². The van der Waals surface area contributed by atoms with Gasteiger partial charge < -0.3 is 46.5 Å². The van der Waals surface area contributed by atoms with E-state index in [-0.39, 0.29) is 52.3 Å². The lowest BCUT2D eigenvalue weighted by Crippen LogP contribution is -2.41. The normalized spacial score (nSPS) is 26.1. The highest BCUT2D eigenvalue weighted by Gasteiger charge is 2.57. The average molecular weight is 949 g/mol. The third-order valence-electron chi connectivity index (χ3n) is 10.0. The molecule has 4 aromatic rings. The first-order valence-electron chi connectivity index (χ1n) is 19.7. The number of hydrogen-bond acceptors (Lipinski definition) is 21. The van der Waals surface area contributed by atoms with E-state index in [1.54, 1.807) is 65.8 Å². The maximum absolute atomic E-state index is 13.6. The fourth-order valence-electron chi connectivity index (χ4n) is 6.48. The van der Waals surface area contributed by atoms with Crippen LogP contribution in [0.3, 0.4) is 0 Å². The molecule has 2 aliphatic rings. The zero-order valence-corrected chi connectivity index (χ0v) is 38.5. The molecule has 21 nitrogen and oxygen atoms in total. The van der Waals surface area contributed by atoms with Crippen LogP contribution in [0.1, 0.15) is 52.9 Å². The summed E-state index contributed by atoms with van der Waals surface area (Å²) >= 11 is 2.04. The quantitative estimate of drug-likeness (QED) is 0.0532. The van der Waals surface area contributed by atoms with Crippen LogP contribution in [0, 0.1) is 35.5 Å². The molecule has 6 rings (SSSR count). The third kappa shape index (κ3) is 10.4. The van der Waals surface area contributed by atoms with Crippen molar-refractivity contribution < 1.29 is 62.7 Å². The molecule has 2 fully saturated rings. The van der Waals surface area contributed by atoms with Gasteiger partial charge in [-0.3, -0.25) is 23.2 Å². The molecule has 0 saturated carbocycles. The van der Waals surface area contributed by atoms with Gasteiger partial charge in [0, 0.05) is 22.3 Å². The minimum atomic E-state index is -4.29. The van der Waals surface area contributed by atoms with Gasteiger partial charge in [0.05, 0.1) is 37.8 Å². The van der Waals surface area contributed by atoms with E-state index in [9.17, 15) is 39.7 Å². The Bertz CT molecular complexity index is 2410. The smallest absolute Gasteiger partial charge is 0.394 e. The van der Waals surface area contributed by atoms with Crippen LogP contribution in [0.2, 0.25) is 0 Å². The second kappa shape index (κ2) is 20.1. The fourth-order valence-corrected chi connectivity index (χ4v) is 9.48. The van der Waals surface area contributed by atoms with E-state index in [1.165, 1.54) is 21.7 Å². The number of nitrogens with zero attached hydrogens (tertiary/aromatic N) is 6. The molecule has 0 aromatic carbocycles. The number of anilines is 2. The highest BCUT2D eigenvalue weighted by Crippen LogP contribution is 2.51. The SMILES string of the molecule is C#C[C@@]1(c2ccc3c(N)ncnn23)O[C@H](CO)[C@@H](O)[C@H]1O.C#C[C@@]1(c2ccc3c(N)ncnn23)O[C@H](COP(=O)(OCCSC(=O)C(C)(C)C)OCCSC(=O)C(C)(C)C)[C@@H](O)[C@H]1O. The number of carbonyl (C=O) groups excluding carboxylic acids is 2. The Hall–Kier alpha value is -4.17. The van der Waals surface area contributed by atoms with Crippen molar-refractivity contribution in [2.75, 3.05) is 49.4 Å². The summed E-state index contributed by atoms with van der Waals surface area (Å²) in [7, 11) is -4.29. The molecule has 8 atom stereocenters. The van der Waals surface area contributed by atoms with E-state index in [1.807, 2.05) is 0 Å². The molecule has 0 spiro atoms. The summed E-state index contributed by atoms with van der Waals surface area (Å²) in [5.74, 6) is 5.56. The average Bonchev–Trinajstić information content (AvgIpc) is 4.01. The molecule has 24 heteroatoms. The predicted molar refractivity (Wildman–Crippen MR) is 236 cm³/mol.